The molecule has 0 amide bonds. The maximum atomic E-state index is 8.34. The smallest absolute Gasteiger partial charge is 0.0625 e. The average Bonchev–Trinajstić information content (AvgIpc) is 1.91. The monoisotopic (exact) mass is 124 g/mol. The Bertz CT molecular complexity index is 109. The third-order valence-corrected chi connectivity index (χ3v) is 1.78. The second-order valence-electron chi connectivity index (χ2n) is 2.57. The van der Waals surface area contributed by atoms with Crippen molar-refractivity contribution in [3.8, 4) is 6.07 Å². The van der Waals surface area contributed by atoms with Crippen LogP contribution < -0.4 is 5.32 Å². The van der Waals surface area contributed by atoms with Crippen LogP contribution in [0.3, 0.4) is 0 Å². The van der Waals surface area contributed by atoms with Crippen molar-refractivity contribution < 1.29 is 0 Å². The fourth-order valence-corrected chi connectivity index (χ4v) is 1.23. The van der Waals surface area contributed by atoms with Gasteiger partial charge in [0, 0.05) is 6.42 Å². The number of rotatable bonds is 1. The first-order valence-corrected chi connectivity index (χ1v) is 3.51. The van der Waals surface area contributed by atoms with E-state index in [1.54, 1.807) is 0 Å². The molecule has 0 aromatic rings. The van der Waals surface area contributed by atoms with Gasteiger partial charge in [-0.15, -0.1) is 0 Å². The standard InChI is InChI=1S/C7H12N2/c8-4-3-7-2-1-5-9-6-7/h7,9H,1-3,5-6H2/t7-/m0/s1. The van der Waals surface area contributed by atoms with E-state index in [2.05, 4.69) is 11.4 Å². The fraction of sp³-hybridized carbons (Fsp3) is 0.857. The highest BCUT2D eigenvalue weighted by molar-refractivity contribution is 4.79. The van der Waals surface area contributed by atoms with Crippen LogP contribution in [0.2, 0.25) is 0 Å². The summed E-state index contributed by atoms with van der Waals surface area (Å²) in [5, 5.41) is 11.6. The Balaban J connectivity index is 2.17. The minimum absolute atomic E-state index is 0.628. The van der Waals surface area contributed by atoms with Crippen molar-refractivity contribution >= 4 is 0 Å². The van der Waals surface area contributed by atoms with E-state index in [-0.39, 0.29) is 0 Å². The topological polar surface area (TPSA) is 35.8 Å². The van der Waals surface area contributed by atoms with E-state index >= 15 is 0 Å². The first-order chi connectivity index (χ1) is 4.43. The molecule has 0 aromatic heterocycles. The van der Waals surface area contributed by atoms with Gasteiger partial charge in [0.1, 0.15) is 0 Å². The zero-order valence-corrected chi connectivity index (χ0v) is 5.56. The van der Waals surface area contributed by atoms with Crippen molar-refractivity contribution in [2.24, 2.45) is 5.92 Å². The van der Waals surface area contributed by atoms with Gasteiger partial charge in [0.25, 0.3) is 0 Å². The van der Waals surface area contributed by atoms with Gasteiger partial charge in [-0.3, -0.25) is 0 Å². The molecular weight excluding hydrogens is 112 g/mol. The van der Waals surface area contributed by atoms with E-state index < -0.39 is 0 Å². The van der Waals surface area contributed by atoms with Crippen LogP contribution >= 0.6 is 0 Å². The van der Waals surface area contributed by atoms with Crippen LogP contribution in [-0.2, 0) is 0 Å². The highest BCUT2D eigenvalue weighted by atomic mass is 14.9. The van der Waals surface area contributed by atoms with Gasteiger partial charge in [-0.25, -0.2) is 0 Å². The summed E-state index contributed by atoms with van der Waals surface area (Å²) < 4.78 is 0. The molecule has 1 fully saturated rings. The summed E-state index contributed by atoms with van der Waals surface area (Å²) in [7, 11) is 0. The second-order valence-corrected chi connectivity index (χ2v) is 2.57. The molecule has 1 aliphatic rings. The summed E-state index contributed by atoms with van der Waals surface area (Å²) in [6, 6.07) is 2.20. The Morgan fingerprint density at radius 1 is 1.67 bits per heavy atom. The van der Waals surface area contributed by atoms with Crippen LogP contribution in [0.1, 0.15) is 19.3 Å². The van der Waals surface area contributed by atoms with Crippen LogP contribution in [0, 0.1) is 17.2 Å². The van der Waals surface area contributed by atoms with Crippen LogP contribution in [0.25, 0.3) is 0 Å². The molecule has 9 heavy (non-hydrogen) atoms. The molecule has 50 valence electrons. The van der Waals surface area contributed by atoms with E-state index in [4.69, 9.17) is 5.26 Å². The van der Waals surface area contributed by atoms with Gasteiger partial charge < -0.3 is 5.32 Å². The van der Waals surface area contributed by atoms with Gasteiger partial charge in [0.15, 0.2) is 0 Å². The lowest BCUT2D eigenvalue weighted by atomic mass is 9.97. The van der Waals surface area contributed by atoms with Crippen molar-refractivity contribution in [3.05, 3.63) is 0 Å². The lowest BCUT2D eigenvalue weighted by Crippen LogP contribution is -2.29. The van der Waals surface area contributed by atoms with E-state index in [1.807, 2.05) is 0 Å². The molecular formula is C7H12N2. The van der Waals surface area contributed by atoms with Crippen molar-refractivity contribution in [3.63, 3.8) is 0 Å². The van der Waals surface area contributed by atoms with E-state index in [9.17, 15) is 0 Å². The van der Waals surface area contributed by atoms with E-state index in [1.165, 1.54) is 12.8 Å². The molecule has 1 rings (SSSR count). The number of nitriles is 1. The summed E-state index contributed by atoms with van der Waals surface area (Å²) in [6.45, 7) is 2.19. The summed E-state index contributed by atoms with van der Waals surface area (Å²) in [6.07, 6.45) is 3.21. The molecule has 1 atom stereocenters. The molecule has 1 heterocycles. The Labute approximate surface area is 55.9 Å². The molecule has 1 saturated heterocycles. The SMILES string of the molecule is N#CC[C@@H]1CCCNC1. The summed E-state index contributed by atoms with van der Waals surface area (Å²) in [4.78, 5) is 0. The van der Waals surface area contributed by atoms with Gasteiger partial charge in [0.05, 0.1) is 6.07 Å². The maximum absolute atomic E-state index is 8.34. The molecule has 1 aliphatic heterocycles. The van der Waals surface area contributed by atoms with Crippen LogP contribution in [0.4, 0.5) is 0 Å². The van der Waals surface area contributed by atoms with Crippen LogP contribution in [-0.4, -0.2) is 13.1 Å². The second kappa shape index (κ2) is 3.47. The third kappa shape index (κ3) is 2.03. The van der Waals surface area contributed by atoms with Gasteiger partial charge >= 0.3 is 0 Å². The molecule has 0 aliphatic carbocycles. The predicted molar refractivity (Wildman–Crippen MR) is 35.8 cm³/mol. The minimum Gasteiger partial charge on any atom is -0.316 e. The zero-order valence-electron chi connectivity index (χ0n) is 5.56. The lowest BCUT2D eigenvalue weighted by molar-refractivity contribution is 0.383. The Morgan fingerprint density at radius 2 is 2.56 bits per heavy atom. The molecule has 0 spiro atoms. The van der Waals surface area contributed by atoms with Gasteiger partial charge in [-0.05, 0) is 31.8 Å². The number of piperidine rings is 1. The predicted octanol–water partition coefficient (Wildman–Crippen LogP) is 0.900. The molecule has 1 N–H and O–H groups in total. The first kappa shape index (κ1) is 6.57. The maximum Gasteiger partial charge on any atom is 0.0625 e. The summed E-state index contributed by atoms with van der Waals surface area (Å²) >= 11 is 0. The number of nitrogens with one attached hydrogen (secondary N) is 1. The van der Waals surface area contributed by atoms with E-state index in [0.29, 0.717) is 5.92 Å². The number of hydrogen-bond acceptors (Lipinski definition) is 2. The van der Waals surface area contributed by atoms with Crippen molar-refractivity contribution in [2.45, 2.75) is 19.3 Å². The van der Waals surface area contributed by atoms with Crippen LogP contribution in [0.5, 0.6) is 0 Å². The molecule has 2 heteroatoms. The Kier molecular flexibility index (Phi) is 2.53. The highest BCUT2D eigenvalue weighted by Gasteiger charge is 2.10. The highest BCUT2D eigenvalue weighted by Crippen LogP contribution is 2.12. The van der Waals surface area contributed by atoms with Crippen molar-refractivity contribution in [1.29, 1.82) is 5.26 Å². The van der Waals surface area contributed by atoms with Gasteiger partial charge in [-0.2, -0.15) is 5.26 Å². The largest absolute Gasteiger partial charge is 0.316 e. The first-order valence-electron chi connectivity index (χ1n) is 3.51. The third-order valence-electron chi connectivity index (χ3n) is 1.78. The van der Waals surface area contributed by atoms with Gasteiger partial charge in [-0.1, -0.05) is 0 Å². The molecule has 0 unspecified atom stereocenters. The Morgan fingerprint density at radius 3 is 3.11 bits per heavy atom. The molecule has 0 radical (unpaired) electrons. The van der Waals surface area contributed by atoms with Crippen molar-refractivity contribution in [1.82, 2.24) is 5.32 Å². The number of nitrogens with zero attached hydrogens (tertiary/aromatic N) is 1. The summed E-state index contributed by atoms with van der Waals surface area (Å²) in [5.74, 6) is 0.628. The van der Waals surface area contributed by atoms with E-state index in [0.717, 1.165) is 19.5 Å². The van der Waals surface area contributed by atoms with Crippen LogP contribution in [0.15, 0.2) is 0 Å². The summed E-state index contributed by atoms with van der Waals surface area (Å²) in [5.41, 5.74) is 0. The van der Waals surface area contributed by atoms with Gasteiger partial charge in [0.2, 0.25) is 0 Å². The normalized spacial score (nSPS) is 27.2. The fourth-order valence-electron chi connectivity index (χ4n) is 1.23. The average molecular weight is 124 g/mol. The molecule has 0 aromatic carbocycles. The molecule has 0 bridgehead atoms. The quantitative estimate of drug-likeness (QED) is 0.563. The Hall–Kier alpha value is -0.550. The number of hydrogen-bond donors (Lipinski definition) is 1. The zero-order chi connectivity index (χ0) is 6.53. The minimum atomic E-state index is 0.628. The molecule has 0 saturated carbocycles. The lowest BCUT2D eigenvalue weighted by Gasteiger charge is -2.19. The molecule has 2 nitrogen and oxygen atoms in total. The van der Waals surface area contributed by atoms with Crippen molar-refractivity contribution in [2.75, 3.05) is 13.1 Å².